The van der Waals surface area contributed by atoms with Crippen LogP contribution in [0.15, 0.2) is 16.6 Å². The van der Waals surface area contributed by atoms with Crippen LogP contribution < -0.4 is 10.1 Å². The predicted octanol–water partition coefficient (Wildman–Crippen LogP) is 3.23. The van der Waals surface area contributed by atoms with E-state index >= 15 is 0 Å². The van der Waals surface area contributed by atoms with Gasteiger partial charge in [0.25, 0.3) is 0 Å². The van der Waals surface area contributed by atoms with Gasteiger partial charge in [0.05, 0.1) is 7.11 Å². The van der Waals surface area contributed by atoms with Crippen molar-refractivity contribution < 1.29 is 4.74 Å². The second-order valence-electron chi connectivity index (χ2n) is 4.37. The molecule has 1 aliphatic heterocycles. The molecule has 0 spiro atoms. The molecule has 2 nitrogen and oxygen atoms in total. The molecule has 1 aliphatic rings. The molecule has 0 saturated carbocycles. The van der Waals surface area contributed by atoms with Crippen LogP contribution in [0.4, 0.5) is 0 Å². The summed E-state index contributed by atoms with van der Waals surface area (Å²) in [6.07, 6.45) is 2.40. The number of halogens is 1. The second-order valence-corrected chi connectivity index (χ2v) is 5.29. The first-order chi connectivity index (χ1) is 7.72. The number of methoxy groups -OCH3 is 1. The third kappa shape index (κ3) is 2.41. The van der Waals surface area contributed by atoms with Gasteiger partial charge in [-0.1, -0.05) is 15.9 Å². The molecule has 1 aromatic carbocycles. The largest absolute Gasteiger partial charge is 0.496 e. The van der Waals surface area contributed by atoms with Crippen molar-refractivity contribution in [2.75, 3.05) is 20.2 Å². The highest BCUT2D eigenvalue weighted by molar-refractivity contribution is 9.10. The Labute approximate surface area is 106 Å². The molecule has 2 rings (SSSR count). The fourth-order valence-corrected chi connectivity index (χ4v) is 3.06. The quantitative estimate of drug-likeness (QED) is 0.900. The Hall–Kier alpha value is -0.540. The van der Waals surface area contributed by atoms with Gasteiger partial charge >= 0.3 is 0 Å². The highest BCUT2D eigenvalue weighted by Gasteiger charge is 2.20. The Morgan fingerprint density at radius 2 is 2.00 bits per heavy atom. The lowest BCUT2D eigenvalue weighted by molar-refractivity contribution is 0.389. The molecule has 0 aliphatic carbocycles. The summed E-state index contributed by atoms with van der Waals surface area (Å²) in [5, 5.41) is 3.40. The average Bonchev–Trinajstić information content (AvgIpc) is 2.29. The first kappa shape index (κ1) is 11.9. The van der Waals surface area contributed by atoms with Gasteiger partial charge in [0.15, 0.2) is 0 Å². The Balaban J connectivity index is 2.36. The van der Waals surface area contributed by atoms with Crippen LogP contribution in [0.3, 0.4) is 0 Å². The average molecular weight is 284 g/mol. The zero-order valence-corrected chi connectivity index (χ0v) is 11.4. The molecule has 88 valence electrons. The van der Waals surface area contributed by atoms with Gasteiger partial charge in [-0.05, 0) is 62.0 Å². The number of hydrogen-bond acceptors (Lipinski definition) is 2. The fraction of sp³-hybridized carbons (Fsp3) is 0.538. The van der Waals surface area contributed by atoms with Crippen LogP contribution in [0, 0.1) is 6.92 Å². The Bertz CT molecular complexity index is 372. The minimum absolute atomic E-state index is 0.632. The number of ether oxygens (including phenoxy) is 1. The van der Waals surface area contributed by atoms with Crippen LogP contribution in [0.5, 0.6) is 5.75 Å². The van der Waals surface area contributed by atoms with Gasteiger partial charge in [0.1, 0.15) is 5.75 Å². The van der Waals surface area contributed by atoms with Crippen molar-refractivity contribution in [3.63, 3.8) is 0 Å². The number of benzene rings is 1. The second kappa shape index (κ2) is 5.19. The monoisotopic (exact) mass is 283 g/mol. The minimum Gasteiger partial charge on any atom is -0.496 e. The van der Waals surface area contributed by atoms with Crippen molar-refractivity contribution in [3.8, 4) is 5.75 Å². The molecular formula is C13H18BrNO. The van der Waals surface area contributed by atoms with E-state index in [2.05, 4.69) is 40.3 Å². The van der Waals surface area contributed by atoms with Crippen molar-refractivity contribution in [1.29, 1.82) is 0 Å². The lowest BCUT2D eigenvalue weighted by Crippen LogP contribution is -2.26. The van der Waals surface area contributed by atoms with Gasteiger partial charge in [0.2, 0.25) is 0 Å². The van der Waals surface area contributed by atoms with Crippen LogP contribution in [0.1, 0.15) is 29.9 Å². The minimum atomic E-state index is 0.632. The zero-order valence-electron chi connectivity index (χ0n) is 9.85. The first-order valence-electron chi connectivity index (χ1n) is 5.77. The number of hydrogen-bond donors (Lipinski definition) is 1. The van der Waals surface area contributed by atoms with Gasteiger partial charge in [-0.2, -0.15) is 0 Å². The molecule has 0 bridgehead atoms. The summed E-state index contributed by atoms with van der Waals surface area (Å²) in [6.45, 7) is 4.33. The van der Waals surface area contributed by atoms with E-state index in [-0.39, 0.29) is 0 Å². The van der Waals surface area contributed by atoms with Crippen LogP contribution in [-0.2, 0) is 0 Å². The lowest BCUT2D eigenvalue weighted by Gasteiger charge is -2.25. The van der Waals surface area contributed by atoms with Crippen molar-refractivity contribution in [3.05, 3.63) is 27.7 Å². The summed E-state index contributed by atoms with van der Waals surface area (Å²) < 4.78 is 6.70. The molecule has 1 heterocycles. The smallest absolute Gasteiger partial charge is 0.125 e. The van der Waals surface area contributed by atoms with E-state index in [1.54, 1.807) is 7.11 Å². The molecule has 1 aromatic rings. The summed E-state index contributed by atoms with van der Waals surface area (Å²) in [7, 11) is 1.76. The summed E-state index contributed by atoms with van der Waals surface area (Å²) in [5.41, 5.74) is 2.57. The molecule has 1 saturated heterocycles. The molecule has 0 aromatic heterocycles. The van der Waals surface area contributed by atoms with E-state index in [9.17, 15) is 0 Å². The van der Waals surface area contributed by atoms with E-state index in [0.717, 1.165) is 23.3 Å². The van der Waals surface area contributed by atoms with E-state index in [4.69, 9.17) is 4.74 Å². The van der Waals surface area contributed by atoms with E-state index in [0.29, 0.717) is 5.92 Å². The highest BCUT2D eigenvalue weighted by atomic mass is 79.9. The molecule has 3 heteroatoms. The molecule has 0 atom stereocenters. The maximum absolute atomic E-state index is 5.54. The molecular weight excluding hydrogens is 266 g/mol. The van der Waals surface area contributed by atoms with Crippen LogP contribution >= 0.6 is 15.9 Å². The SMILES string of the molecule is COc1c(C)cc(Br)cc1C1CCNCC1. The first-order valence-corrected chi connectivity index (χ1v) is 6.56. The van der Waals surface area contributed by atoms with E-state index in [1.165, 1.54) is 24.0 Å². The Morgan fingerprint density at radius 3 is 2.62 bits per heavy atom. The maximum atomic E-state index is 5.54. The Kier molecular flexibility index (Phi) is 3.87. The third-order valence-electron chi connectivity index (χ3n) is 3.25. The predicted molar refractivity (Wildman–Crippen MR) is 70.3 cm³/mol. The summed E-state index contributed by atoms with van der Waals surface area (Å²) in [4.78, 5) is 0. The third-order valence-corrected chi connectivity index (χ3v) is 3.71. The van der Waals surface area contributed by atoms with Crippen LogP contribution in [0.2, 0.25) is 0 Å². The number of piperidine rings is 1. The molecule has 1 N–H and O–H groups in total. The number of rotatable bonds is 2. The van der Waals surface area contributed by atoms with Crippen molar-refractivity contribution in [2.24, 2.45) is 0 Å². The van der Waals surface area contributed by atoms with Crippen LogP contribution in [0.25, 0.3) is 0 Å². The number of nitrogens with one attached hydrogen (secondary N) is 1. The fourth-order valence-electron chi connectivity index (χ4n) is 2.47. The van der Waals surface area contributed by atoms with Gasteiger partial charge in [0, 0.05) is 4.47 Å². The van der Waals surface area contributed by atoms with Crippen molar-refractivity contribution in [2.45, 2.75) is 25.7 Å². The van der Waals surface area contributed by atoms with Gasteiger partial charge in [-0.25, -0.2) is 0 Å². The zero-order chi connectivity index (χ0) is 11.5. The normalized spacial score (nSPS) is 17.4. The molecule has 0 radical (unpaired) electrons. The lowest BCUT2D eigenvalue weighted by atomic mass is 9.88. The molecule has 0 amide bonds. The topological polar surface area (TPSA) is 21.3 Å². The maximum Gasteiger partial charge on any atom is 0.125 e. The summed E-state index contributed by atoms with van der Waals surface area (Å²) >= 11 is 3.57. The number of aryl methyl sites for hydroxylation is 1. The van der Waals surface area contributed by atoms with Gasteiger partial charge in [-0.3, -0.25) is 0 Å². The molecule has 1 fully saturated rings. The summed E-state index contributed by atoms with van der Waals surface area (Å²) in [6, 6.07) is 4.32. The summed E-state index contributed by atoms with van der Waals surface area (Å²) in [5.74, 6) is 1.70. The van der Waals surface area contributed by atoms with E-state index < -0.39 is 0 Å². The highest BCUT2D eigenvalue weighted by Crippen LogP contribution is 2.36. The van der Waals surface area contributed by atoms with Crippen LogP contribution in [-0.4, -0.2) is 20.2 Å². The Morgan fingerprint density at radius 1 is 1.31 bits per heavy atom. The van der Waals surface area contributed by atoms with Gasteiger partial charge < -0.3 is 10.1 Å². The van der Waals surface area contributed by atoms with Crippen molar-refractivity contribution in [1.82, 2.24) is 5.32 Å². The van der Waals surface area contributed by atoms with Crippen molar-refractivity contribution >= 4 is 15.9 Å². The van der Waals surface area contributed by atoms with Gasteiger partial charge in [-0.15, -0.1) is 0 Å². The molecule has 0 unspecified atom stereocenters. The standard InChI is InChI=1S/C13H18BrNO/c1-9-7-11(14)8-12(13(9)16-2)10-3-5-15-6-4-10/h7-8,10,15H,3-6H2,1-2H3. The molecule has 16 heavy (non-hydrogen) atoms. The van der Waals surface area contributed by atoms with E-state index in [1.807, 2.05) is 0 Å².